The highest BCUT2D eigenvalue weighted by Crippen LogP contribution is 2.28. The van der Waals surface area contributed by atoms with Gasteiger partial charge in [0.2, 0.25) is 0 Å². The Kier molecular flexibility index (Phi) is 4.45. The fourth-order valence-corrected chi connectivity index (χ4v) is 3.77. The van der Waals surface area contributed by atoms with E-state index >= 15 is 0 Å². The normalized spacial score (nSPS) is 26.1. The second-order valence-electron chi connectivity index (χ2n) is 6.50. The zero-order valence-electron chi connectivity index (χ0n) is 13.6. The van der Waals surface area contributed by atoms with Gasteiger partial charge in [0.05, 0.1) is 0 Å². The zero-order valence-corrected chi connectivity index (χ0v) is 13.6. The molecule has 4 nitrogen and oxygen atoms in total. The molecule has 2 fully saturated rings. The Bertz CT molecular complexity index is 488. The molecule has 4 heteroatoms. The summed E-state index contributed by atoms with van der Waals surface area (Å²) in [7, 11) is 2.01. The van der Waals surface area contributed by atoms with E-state index in [4.69, 9.17) is 4.98 Å². The fourth-order valence-electron chi connectivity index (χ4n) is 3.77. The van der Waals surface area contributed by atoms with Crippen LogP contribution in [0.3, 0.4) is 0 Å². The van der Waals surface area contributed by atoms with Crippen LogP contribution in [0, 0.1) is 0 Å². The number of piperazine rings is 1. The maximum absolute atomic E-state index is 4.90. The van der Waals surface area contributed by atoms with Crippen molar-refractivity contribution in [2.24, 2.45) is 0 Å². The Labute approximate surface area is 128 Å². The molecule has 3 heterocycles. The van der Waals surface area contributed by atoms with Crippen molar-refractivity contribution in [3.8, 4) is 0 Å². The average molecular weight is 288 g/mol. The van der Waals surface area contributed by atoms with E-state index in [2.05, 4.69) is 41.1 Å². The van der Waals surface area contributed by atoms with Crippen molar-refractivity contribution < 1.29 is 0 Å². The van der Waals surface area contributed by atoms with Gasteiger partial charge in [0.25, 0.3) is 0 Å². The Morgan fingerprint density at radius 1 is 1.33 bits per heavy atom. The molecule has 0 amide bonds. The van der Waals surface area contributed by atoms with Crippen molar-refractivity contribution in [3.63, 3.8) is 0 Å². The summed E-state index contributed by atoms with van der Waals surface area (Å²) >= 11 is 0. The third-order valence-electron chi connectivity index (χ3n) is 4.90. The first kappa shape index (κ1) is 14.8. The number of nitrogens with one attached hydrogen (secondary N) is 1. The smallest absolute Gasteiger partial charge is 0.129 e. The first-order valence-corrected chi connectivity index (χ1v) is 8.36. The highest BCUT2D eigenvalue weighted by Gasteiger charge is 2.34. The Balaban J connectivity index is 1.85. The van der Waals surface area contributed by atoms with E-state index in [0.717, 1.165) is 25.6 Å². The van der Waals surface area contributed by atoms with E-state index in [1.807, 2.05) is 7.05 Å². The monoisotopic (exact) mass is 288 g/mol. The van der Waals surface area contributed by atoms with Crippen LogP contribution in [0.1, 0.15) is 37.9 Å². The number of hydrogen-bond donors (Lipinski definition) is 1. The van der Waals surface area contributed by atoms with E-state index in [-0.39, 0.29) is 0 Å². The van der Waals surface area contributed by atoms with Gasteiger partial charge < -0.3 is 10.2 Å². The number of rotatable bonds is 4. The van der Waals surface area contributed by atoms with Crippen LogP contribution in [-0.4, -0.2) is 48.6 Å². The van der Waals surface area contributed by atoms with E-state index in [9.17, 15) is 0 Å². The van der Waals surface area contributed by atoms with Crippen molar-refractivity contribution in [1.29, 1.82) is 0 Å². The molecule has 0 bridgehead atoms. The molecule has 2 aliphatic rings. The lowest BCUT2D eigenvalue weighted by atomic mass is 10.1. The maximum atomic E-state index is 4.90. The van der Waals surface area contributed by atoms with E-state index in [1.54, 1.807) is 0 Å². The van der Waals surface area contributed by atoms with Crippen molar-refractivity contribution in [1.82, 2.24) is 15.2 Å². The first-order chi connectivity index (χ1) is 10.2. The van der Waals surface area contributed by atoms with Gasteiger partial charge in [-0.3, -0.25) is 4.90 Å². The molecule has 2 unspecified atom stereocenters. The molecule has 0 saturated carbocycles. The Morgan fingerprint density at radius 2 is 2.19 bits per heavy atom. The van der Waals surface area contributed by atoms with Gasteiger partial charge in [0.1, 0.15) is 5.82 Å². The molecule has 0 radical (unpaired) electrons. The molecular formula is C17H28N4. The maximum Gasteiger partial charge on any atom is 0.129 e. The van der Waals surface area contributed by atoms with Crippen molar-refractivity contribution >= 4 is 5.82 Å². The summed E-state index contributed by atoms with van der Waals surface area (Å²) in [5, 5.41) is 3.26. The predicted octanol–water partition coefficient (Wildman–Crippen LogP) is 2.04. The third-order valence-corrected chi connectivity index (χ3v) is 4.90. The van der Waals surface area contributed by atoms with Gasteiger partial charge in [-0.1, -0.05) is 6.92 Å². The standard InChI is InChI=1S/C17H28N4/c1-4-15-8-14(10-18-3)9-17(19-15)21-12-16-6-5-7-20(16)11-13(21)2/h8-9,13,16,18H,4-7,10-12H2,1-3H3. The molecule has 116 valence electrons. The summed E-state index contributed by atoms with van der Waals surface area (Å²) in [6.45, 7) is 9.06. The highest BCUT2D eigenvalue weighted by atomic mass is 15.3. The van der Waals surface area contributed by atoms with Crippen LogP contribution in [-0.2, 0) is 13.0 Å². The Hall–Kier alpha value is -1.13. The van der Waals surface area contributed by atoms with Crippen molar-refractivity contribution in [2.45, 2.75) is 51.7 Å². The zero-order chi connectivity index (χ0) is 14.8. The number of anilines is 1. The minimum absolute atomic E-state index is 0.557. The number of hydrogen-bond acceptors (Lipinski definition) is 4. The Morgan fingerprint density at radius 3 is 2.95 bits per heavy atom. The van der Waals surface area contributed by atoms with Gasteiger partial charge in [0, 0.05) is 37.4 Å². The lowest BCUT2D eigenvalue weighted by molar-refractivity contribution is 0.202. The van der Waals surface area contributed by atoms with Gasteiger partial charge >= 0.3 is 0 Å². The van der Waals surface area contributed by atoms with E-state index in [1.165, 1.54) is 43.0 Å². The summed E-state index contributed by atoms with van der Waals surface area (Å²) in [6.07, 6.45) is 3.71. The number of fused-ring (bicyclic) bond motifs is 1. The number of pyridine rings is 1. The first-order valence-electron chi connectivity index (χ1n) is 8.36. The molecular weight excluding hydrogens is 260 g/mol. The molecule has 2 saturated heterocycles. The number of aromatic nitrogens is 1. The molecule has 1 N–H and O–H groups in total. The van der Waals surface area contributed by atoms with Gasteiger partial charge in [-0.05, 0) is 57.5 Å². The average Bonchev–Trinajstić information content (AvgIpc) is 2.93. The van der Waals surface area contributed by atoms with Crippen LogP contribution < -0.4 is 10.2 Å². The van der Waals surface area contributed by atoms with Gasteiger partial charge in [-0.15, -0.1) is 0 Å². The molecule has 0 spiro atoms. The van der Waals surface area contributed by atoms with E-state index < -0.39 is 0 Å². The molecule has 0 aromatic carbocycles. The lowest BCUT2D eigenvalue weighted by Gasteiger charge is -2.43. The molecule has 2 aliphatic heterocycles. The minimum Gasteiger partial charge on any atom is -0.351 e. The summed E-state index contributed by atoms with van der Waals surface area (Å²) < 4.78 is 0. The van der Waals surface area contributed by atoms with E-state index in [0.29, 0.717) is 6.04 Å². The van der Waals surface area contributed by atoms with Gasteiger partial charge in [-0.25, -0.2) is 4.98 Å². The van der Waals surface area contributed by atoms with Gasteiger partial charge in [0.15, 0.2) is 0 Å². The molecule has 2 atom stereocenters. The molecule has 21 heavy (non-hydrogen) atoms. The summed E-state index contributed by atoms with van der Waals surface area (Å²) in [4.78, 5) is 10.1. The highest BCUT2D eigenvalue weighted by molar-refractivity contribution is 5.45. The van der Waals surface area contributed by atoms with Crippen LogP contribution in [0.4, 0.5) is 5.82 Å². The third kappa shape index (κ3) is 3.06. The molecule has 1 aromatic heterocycles. The summed E-state index contributed by atoms with van der Waals surface area (Å²) in [6, 6.07) is 5.80. The second kappa shape index (κ2) is 6.32. The van der Waals surface area contributed by atoms with Gasteiger partial charge in [-0.2, -0.15) is 0 Å². The van der Waals surface area contributed by atoms with Crippen LogP contribution in [0.25, 0.3) is 0 Å². The minimum atomic E-state index is 0.557. The number of nitrogens with zero attached hydrogens (tertiary/aromatic N) is 3. The molecule has 1 aromatic rings. The predicted molar refractivity (Wildman–Crippen MR) is 87.8 cm³/mol. The summed E-state index contributed by atoms with van der Waals surface area (Å²) in [5.41, 5.74) is 2.55. The van der Waals surface area contributed by atoms with Crippen LogP contribution in [0.15, 0.2) is 12.1 Å². The topological polar surface area (TPSA) is 31.4 Å². The lowest BCUT2D eigenvalue weighted by Crippen LogP contribution is -2.55. The van der Waals surface area contributed by atoms with Crippen LogP contribution in [0.2, 0.25) is 0 Å². The second-order valence-corrected chi connectivity index (χ2v) is 6.50. The van der Waals surface area contributed by atoms with Crippen molar-refractivity contribution in [2.75, 3.05) is 31.6 Å². The fraction of sp³-hybridized carbons (Fsp3) is 0.706. The molecule has 3 rings (SSSR count). The SMILES string of the molecule is CCc1cc(CNC)cc(N2CC3CCCN3CC2C)n1. The number of aryl methyl sites for hydroxylation is 1. The largest absolute Gasteiger partial charge is 0.351 e. The quantitative estimate of drug-likeness (QED) is 0.919. The van der Waals surface area contributed by atoms with Crippen LogP contribution in [0.5, 0.6) is 0 Å². The molecule has 0 aliphatic carbocycles. The van der Waals surface area contributed by atoms with Crippen LogP contribution >= 0.6 is 0 Å². The summed E-state index contributed by atoms with van der Waals surface area (Å²) in [5.74, 6) is 1.18. The van der Waals surface area contributed by atoms with Crippen molar-refractivity contribution in [3.05, 3.63) is 23.4 Å².